The van der Waals surface area contributed by atoms with E-state index in [1.54, 1.807) is 6.08 Å². The van der Waals surface area contributed by atoms with Gasteiger partial charge >= 0.3 is 5.97 Å². The van der Waals surface area contributed by atoms with Crippen molar-refractivity contribution in [1.82, 2.24) is 0 Å². The number of rotatable bonds is 9. The Kier molecular flexibility index (Phi) is 9.58. The molecule has 38 heavy (non-hydrogen) atoms. The number of aliphatic hydroxyl groups excluding tert-OH is 2. The van der Waals surface area contributed by atoms with E-state index in [0.29, 0.717) is 18.4 Å². The third kappa shape index (κ3) is 5.23. The predicted octanol–water partition coefficient (Wildman–Crippen LogP) is 6.34. The van der Waals surface area contributed by atoms with Crippen molar-refractivity contribution in [3.8, 4) is 0 Å². The maximum atomic E-state index is 14.4. The SMILES string of the molecule is C=C[C@]1(C)C[C@@H](OC(=O)CSc2cc(CO)ccc2F)[C@]2(C)C(C)CCC(CC)(C2C(=O)CC)[C@@H](C)[C@@H]1O. The molecule has 0 saturated heterocycles. The van der Waals surface area contributed by atoms with Crippen LogP contribution < -0.4 is 0 Å². The Bertz CT molecular complexity index is 1050. The monoisotopic (exact) mass is 548 g/mol. The van der Waals surface area contributed by atoms with Crippen LogP contribution in [0.4, 0.5) is 4.39 Å². The number of fused-ring (bicyclic) bond motifs is 2. The van der Waals surface area contributed by atoms with E-state index in [0.717, 1.165) is 31.0 Å². The van der Waals surface area contributed by atoms with Crippen LogP contribution in [0.5, 0.6) is 0 Å². The summed E-state index contributed by atoms with van der Waals surface area (Å²) in [5.41, 5.74) is -1.22. The summed E-state index contributed by atoms with van der Waals surface area (Å²) in [4.78, 5) is 27.4. The lowest BCUT2D eigenvalue weighted by Gasteiger charge is -2.63. The number of esters is 1. The zero-order chi connectivity index (χ0) is 28.5. The summed E-state index contributed by atoms with van der Waals surface area (Å²) < 4.78 is 20.6. The van der Waals surface area contributed by atoms with Gasteiger partial charge in [0.15, 0.2) is 0 Å². The lowest BCUT2D eigenvalue weighted by atomic mass is 9.41. The van der Waals surface area contributed by atoms with Crippen LogP contribution in [0.2, 0.25) is 0 Å². The van der Waals surface area contributed by atoms with Crippen LogP contribution in [0.15, 0.2) is 35.7 Å². The molecule has 0 amide bonds. The molecule has 0 aromatic heterocycles. The quantitative estimate of drug-likeness (QED) is 0.213. The normalized spacial score (nSPS) is 37.1. The molecule has 2 aliphatic carbocycles. The van der Waals surface area contributed by atoms with Gasteiger partial charge in [0, 0.05) is 28.1 Å². The fourth-order valence-corrected chi connectivity index (χ4v) is 8.28. The molecule has 2 bridgehead atoms. The van der Waals surface area contributed by atoms with E-state index in [1.807, 2.05) is 13.8 Å². The van der Waals surface area contributed by atoms with Gasteiger partial charge in [-0.3, -0.25) is 9.59 Å². The minimum absolute atomic E-state index is 0.109. The first kappa shape index (κ1) is 30.8. The summed E-state index contributed by atoms with van der Waals surface area (Å²) in [6.45, 7) is 16.1. The Labute approximate surface area is 231 Å². The highest BCUT2D eigenvalue weighted by Gasteiger charge is 2.65. The zero-order valence-electron chi connectivity index (χ0n) is 23.8. The van der Waals surface area contributed by atoms with Crippen molar-refractivity contribution in [2.45, 2.75) is 97.4 Å². The fourth-order valence-electron chi connectivity index (χ4n) is 7.50. The van der Waals surface area contributed by atoms with E-state index in [1.165, 1.54) is 18.2 Å². The Balaban J connectivity index is 2.04. The number of hydrogen-bond donors (Lipinski definition) is 2. The number of benzene rings is 1. The molecule has 3 unspecified atom stereocenters. The molecule has 212 valence electrons. The molecule has 1 aromatic rings. The number of carbonyl (C=O) groups is 2. The van der Waals surface area contributed by atoms with Crippen LogP contribution >= 0.6 is 11.8 Å². The van der Waals surface area contributed by atoms with Crippen molar-refractivity contribution >= 4 is 23.5 Å². The molecule has 7 heteroatoms. The van der Waals surface area contributed by atoms with Crippen molar-refractivity contribution in [3.63, 3.8) is 0 Å². The number of ether oxygens (including phenoxy) is 1. The van der Waals surface area contributed by atoms with Crippen molar-refractivity contribution in [2.24, 2.45) is 34.0 Å². The molecule has 0 spiro atoms. The van der Waals surface area contributed by atoms with Crippen LogP contribution in [-0.2, 0) is 20.9 Å². The van der Waals surface area contributed by atoms with Gasteiger partial charge in [-0.2, -0.15) is 0 Å². The number of carbonyl (C=O) groups excluding carboxylic acids is 2. The third-order valence-corrected chi connectivity index (χ3v) is 11.3. The largest absolute Gasteiger partial charge is 0.461 e. The van der Waals surface area contributed by atoms with Crippen LogP contribution in [0, 0.1) is 39.8 Å². The van der Waals surface area contributed by atoms with E-state index < -0.39 is 40.2 Å². The summed E-state index contributed by atoms with van der Waals surface area (Å²) in [5, 5.41) is 21.1. The van der Waals surface area contributed by atoms with E-state index in [9.17, 15) is 24.2 Å². The van der Waals surface area contributed by atoms with Gasteiger partial charge in [0.25, 0.3) is 0 Å². The van der Waals surface area contributed by atoms with E-state index >= 15 is 0 Å². The minimum Gasteiger partial charge on any atom is -0.461 e. The second kappa shape index (κ2) is 11.8. The van der Waals surface area contributed by atoms with E-state index in [-0.39, 0.29) is 40.8 Å². The topological polar surface area (TPSA) is 83.8 Å². The van der Waals surface area contributed by atoms with Crippen LogP contribution in [0.3, 0.4) is 0 Å². The van der Waals surface area contributed by atoms with Crippen molar-refractivity contribution in [2.75, 3.05) is 5.75 Å². The molecule has 2 fully saturated rings. The molecule has 8 atom stereocenters. The average molecular weight is 549 g/mol. The molecular weight excluding hydrogens is 503 g/mol. The Morgan fingerprint density at radius 2 is 1.95 bits per heavy atom. The van der Waals surface area contributed by atoms with Gasteiger partial charge in [-0.15, -0.1) is 18.3 Å². The predicted molar refractivity (Wildman–Crippen MR) is 149 cm³/mol. The van der Waals surface area contributed by atoms with Crippen LogP contribution in [0.1, 0.15) is 79.2 Å². The molecule has 2 aliphatic rings. The number of halogens is 1. The summed E-state index contributed by atoms with van der Waals surface area (Å²) in [6, 6.07) is 4.32. The third-order valence-electron chi connectivity index (χ3n) is 10.3. The number of aliphatic hydroxyl groups is 2. The minimum atomic E-state index is -0.754. The Hall–Kier alpha value is -1.70. The first-order valence-corrected chi connectivity index (χ1v) is 14.9. The van der Waals surface area contributed by atoms with Gasteiger partial charge in [-0.25, -0.2) is 4.39 Å². The molecular formula is C31H45FO5S. The lowest BCUT2D eigenvalue weighted by Crippen LogP contribution is -2.65. The zero-order valence-corrected chi connectivity index (χ0v) is 24.6. The maximum absolute atomic E-state index is 14.4. The molecule has 2 N–H and O–H groups in total. The highest BCUT2D eigenvalue weighted by molar-refractivity contribution is 8.00. The second-order valence-electron chi connectivity index (χ2n) is 12.0. The summed E-state index contributed by atoms with van der Waals surface area (Å²) in [5.74, 6) is -1.30. The molecule has 0 heterocycles. The fraction of sp³-hybridized carbons (Fsp3) is 0.677. The molecule has 5 nitrogen and oxygen atoms in total. The maximum Gasteiger partial charge on any atom is 0.316 e. The lowest BCUT2D eigenvalue weighted by molar-refractivity contribution is -0.213. The first-order chi connectivity index (χ1) is 17.8. The molecule has 0 aliphatic heterocycles. The number of hydrogen-bond acceptors (Lipinski definition) is 6. The Morgan fingerprint density at radius 3 is 2.53 bits per heavy atom. The van der Waals surface area contributed by atoms with E-state index in [4.69, 9.17) is 4.74 Å². The van der Waals surface area contributed by atoms with Crippen LogP contribution in [0.25, 0.3) is 0 Å². The molecule has 2 saturated carbocycles. The number of thioether (sulfide) groups is 1. The smallest absolute Gasteiger partial charge is 0.316 e. The molecule has 3 rings (SSSR count). The average Bonchev–Trinajstić information content (AvgIpc) is 2.91. The number of Topliss-reactive ketones (excluding diaryl/α,β-unsaturated/α-hetero) is 1. The highest BCUT2D eigenvalue weighted by Crippen LogP contribution is 2.65. The van der Waals surface area contributed by atoms with Gasteiger partial charge in [0.1, 0.15) is 17.7 Å². The van der Waals surface area contributed by atoms with Crippen molar-refractivity contribution < 1.29 is 28.9 Å². The van der Waals surface area contributed by atoms with Crippen molar-refractivity contribution in [1.29, 1.82) is 0 Å². The van der Waals surface area contributed by atoms with Crippen molar-refractivity contribution in [3.05, 3.63) is 42.2 Å². The second-order valence-corrected chi connectivity index (χ2v) is 13.0. The van der Waals surface area contributed by atoms with Gasteiger partial charge in [0.05, 0.1) is 18.5 Å². The van der Waals surface area contributed by atoms with Gasteiger partial charge in [-0.05, 0) is 60.6 Å². The van der Waals surface area contributed by atoms with E-state index in [2.05, 4.69) is 34.3 Å². The summed E-state index contributed by atoms with van der Waals surface area (Å²) in [7, 11) is 0. The number of ketones is 1. The first-order valence-electron chi connectivity index (χ1n) is 13.9. The van der Waals surface area contributed by atoms with Gasteiger partial charge < -0.3 is 14.9 Å². The van der Waals surface area contributed by atoms with Gasteiger partial charge in [-0.1, -0.05) is 53.7 Å². The summed E-state index contributed by atoms with van der Waals surface area (Å²) in [6.07, 6.45) is 3.57. The molecule has 0 radical (unpaired) electrons. The summed E-state index contributed by atoms with van der Waals surface area (Å²) >= 11 is 1.03. The highest BCUT2D eigenvalue weighted by atomic mass is 32.2. The standard InChI is InChI=1S/C31H45FO5S/c1-8-23(34)27-30(7)19(4)13-14-31(27,10-3)20(5)28(36)29(6,9-2)16-25(30)37-26(35)18-38-24-15-21(17-33)11-12-22(24)32/h9,11-12,15,19-20,25,27-28,33,36H,2,8,10,13-14,16-18H2,1,3-7H3/t19?,20-,25+,27?,28-,29+,30-,31?/m0/s1. The molecule has 1 aromatic carbocycles. The Morgan fingerprint density at radius 1 is 1.26 bits per heavy atom. The van der Waals surface area contributed by atoms with Gasteiger partial charge in [0.2, 0.25) is 0 Å². The van der Waals surface area contributed by atoms with Crippen LogP contribution in [-0.4, -0.2) is 39.9 Å².